The van der Waals surface area contributed by atoms with Gasteiger partial charge in [-0.05, 0) is 52.1 Å². The molecule has 0 spiro atoms. The highest BCUT2D eigenvalue weighted by atomic mass is 16.3. The van der Waals surface area contributed by atoms with Crippen LogP contribution in [0.2, 0.25) is 0 Å². The van der Waals surface area contributed by atoms with E-state index in [4.69, 9.17) is 0 Å². The Labute approximate surface area is 115 Å². The van der Waals surface area contributed by atoms with Crippen LogP contribution in [0.5, 0.6) is 0 Å². The Morgan fingerprint density at radius 3 is 2.42 bits per heavy atom. The summed E-state index contributed by atoms with van der Waals surface area (Å²) in [5.74, 6) is 0. The van der Waals surface area contributed by atoms with Crippen LogP contribution in [0.4, 0.5) is 0 Å². The van der Waals surface area contributed by atoms with Crippen LogP contribution in [0.25, 0.3) is 10.8 Å². The van der Waals surface area contributed by atoms with E-state index in [1.165, 1.54) is 21.9 Å². The molecule has 1 N–H and O–H groups in total. The summed E-state index contributed by atoms with van der Waals surface area (Å²) in [7, 11) is 0. The Balaban J connectivity index is 2.11. The third kappa shape index (κ3) is 2.28. The molecule has 2 aromatic carbocycles. The fourth-order valence-corrected chi connectivity index (χ4v) is 3.25. The molecule has 19 heavy (non-hydrogen) atoms. The molecule has 0 bridgehead atoms. The van der Waals surface area contributed by atoms with Gasteiger partial charge in [0.25, 0.3) is 0 Å². The SMILES string of the molecule is CC(C)(C)CC(O)c1ccc2c3c(cccc13)CC2. The topological polar surface area (TPSA) is 20.2 Å². The molecule has 0 heterocycles. The average molecular weight is 254 g/mol. The lowest BCUT2D eigenvalue weighted by Crippen LogP contribution is -2.12. The highest BCUT2D eigenvalue weighted by Crippen LogP contribution is 2.37. The van der Waals surface area contributed by atoms with Gasteiger partial charge in [0.1, 0.15) is 0 Å². The molecule has 1 aliphatic rings. The Hall–Kier alpha value is -1.34. The maximum absolute atomic E-state index is 10.6. The van der Waals surface area contributed by atoms with Gasteiger partial charge in [0, 0.05) is 0 Å². The summed E-state index contributed by atoms with van der Waals surface area (Å²) in [6.45, 7) is 6.53. The summed E-state index contributed by atoms with van der Waals surface area (Å²) in [5.41, 5.74) is 4.12. The smallest absolute Gasteiger partial charge is 0.0801 e. The predicted molar refractivity (Wildman–Crippen MR) is 80.4 cm³/mol. The van der Waals surface area contributed by atoms with Crippen LogP contribution in [0.15, 0.2) is 30.3 Å². The largest absolute Gasteiger partial charge is 0.388 e. The van der Waals surface area contributed by atoms with Crippen LogP contribution >= 0.6 is 0 Å². The zero-order valence-electron chi connectivity index (χ0n) is 12.0. The van der Waals surface area contributed by atoms with Crippen LogP contribution in [0.1, 0.15) is 50.0 Å². The monoisotopic (exact) mass is 254 g/mol. The first kappa shape index (κ1) is 12.7. The lowest BCUT2D eigenvalue weighted by atomic mass is 9.85. The zero-order chi connectivity index (χ0) is 13.6. The molecule has 100 valence electrons. The van der Waals surface area contributed by atoms with Gasteiger partial charge in [-0.25, -0.2) is 0 Å². The third-order valence-electron chi connectivity index (χ3n) is 4.08. The van der Waals surface area contributed by atoms with Crippen molar-refractivity contribution in [1.82, 2.24) is 0 Å². The highest BCUT2D eigenvalue weighted by molar-refractivity contribution is 5.93. The molecule has 3 rings (SSSR count). The molecule has 2 aromatic rings. The van der Waals surface area contributed by atoms with E-state index in [0.29, 0.717) is 0 Å². The molecular weight excluding hydrogens is 232 g/mol. The molecule has 1 aliphatic carbocycles. The Morgan fingerprint density at radius 2 is 1.74 bits per heavy atom. The normalized spacial score (nSPS) is 16.0. The Kier molecular flexibility index (Phi) is 2.90. The molecule has 0 saturated carbocycles. The highest BCUT2D eigenvalue weighted by Gasteiger charge is 2.22. The molecule has 1 heteroatoms. The number of hydrogen-bond donors (Lipinski definition) is 1. The summed E-state index contributed by atoms with van der Waals surface area (Å²) in [5, 5.41) is 13.2. The Bertz CT molecular complexity index is 609. The lowest BCUT2D eigenvalue weighted by Gasteiger charge is -2.23. The molecule has 0 radical (unpaired) electrons. The van der Waals surface area contributed by atoms with Crippen molar-refractivity contribution in [2.45, 2.75) is 46.1 Å². The van der Waals surface area contributed by atoms with E-state index < -0.39 is 0 Å². The molecule has 0 aromatic heterocycles. The maximum Gasteiger partial charge on any atom is 0.0801 e. The van der Waals surface area contributed by atoms with Gasteiger partial charge in [-0.15, -0.1) is 0 Å². The van der Waals surface area contributed by atoms with Crippen molar-refractivity contribution in [3.05, 3.63) is 47.0 Å². The molecule has 0 amide bonds. The molecule has 0 aliphatic heterocycles. The van der Waals surface area contributed by atoms with Crippen molar-refractivity contribution < 1.29 is 5.11 Å². The number of aryl methyl sites for hydroxylation is 2. The second kappa shape index (κ2) is 4.35. The Morgan fingerprint density at radius 1 is 1.05 bits per heavy atom. The maximum atomic E-state index is 10.6. The van der Waals surface area contributed by atoms with Crippen molar-refractivity contribution >= 4 is 10.8 Å². The number of hydrogen-bond acceptors (Lipinski definition) is 1. The minimum atomic E-state index is -0.370. The number of aliphatic hydroxyl groups is 1. The minimum absolute atomic E-state index is 0.141. The van der Waals surface area contributed by atoms with Gasteiger partial charge in [0.2, 0.25) is 0 Å². The van der Waals surface area contributed by atoms with E-state index in [0.717, 1.165) is 24.8 Å². The molecule has 1 nitrogen and oxygen atoms in total. The van der Waals surface area contributed by atoms with Crippen LogP contribution < -0.4 is 0 Å². The van der Waals surface area contributed by atoms with Gasteiger partial charge < -0.3 is 5.11 Å². The number of aliphatic hydroxyl groups excluding tert-OH is 1. The van der Waals surface area contributed by atoms with Gasteiger partial charge in [0.15, 0.2) is 0 Å². The second-order valence-electron chi connectivity index (χ2n) is 6.93. The van der Waals surface area contributed by atoms with E-state index in [1.807, 2.05) is 0 Å². The average Bonchev–Trinajstić information content (AvgIpc) is 2.73. The van der Waals surface area contributed by atoms with E-state index in [-0.39, 0.29) is 11.5 Å². The van der Waals surface area contributed by atoms with Crippen molar-refractivity contribution in [1.29, 1.82) is 0 Å². The summed E-state index contributed by atoms with van der Waals surface area (Å²) < 4.78 is 0. The summed E-state index contributed by atoms with van der Waals surface area (Å²) >= 11 is 0. The van der Waals surface area contributed by atoms with Gasteiger partial charge in [-0.1, -0.05) is 51.1 Å². The second-order valence-corrected chi connectivity index (χ2v) is 6.93. The van der Waals surface area contributed by atoms with E-state index in [9.17, 15) is 5.11 Å². The molecule has 0 saturated heterocycles. The third-order valence-corrected chi connectivity index (χ3v) is 4.08. The summed E-state index contributed by atoms with van der Waals surface area (Å²) in [6.07, 6.45) is 2.72. The van der Waals surface area contributed by atoms with Crippen LogP contribution in [-0.4, -0.2) is 5.11 Å². The fraction of sp³-hybridized carbons (Fsp3) is 0.444. The standard InChI is InChI=1S/C18H22O/c1-18(2,3)11-16(19)14-10-9-13-8-7-12-5-4-6-15(14)17(12)13/h4-6,9-10,16,19H,7-8,11H2,1-3H3. The van der Waals surface area contributed by atoms with E-state index >= 15 is 0 Å². The fourth-order valence-electron chi connectivity index (χ4n) is 3.25. The van der Waals surface area contributed by atoms with Gasteiger partial charge in [-0.3, -0.25) is 0 Å². The van der Waals surface area contributed by atoms with Gasteiger partial charge >= 0.3 is 0 Å². The lowest BCUT2D eigenvalue weighted by molar-refractivity contribution is 0.123. The van der Waals surface area contributed by atoms with Crippen molar-refractivity contribution in [3.8, 4) is 0 Å². The summed E-state index contributed by atoms with van der Waals surface area (Å²) in [6, 6.07) is 10.8. The van der Waals surface area contributed by atoms with Crippen molar-refractivity contribution in [2.75, 3.05) is 0 Å². The first-order valence-corrected chi connectivity index (χ1v) is 7.17. The summed E-state index contributed by atoms with van der Waals surface area (Å²) in [4.78, 5) is 0. The minimum Gasteiger partial charge on any atom is -0.388 e. The molecule has 0 fully saturated rings. The van der Waals surface area contributed by atoms with Crippen LogP contribution in [0.3, 0.4) is 0 Å². The van der Waals surface area contributed by atoms with E-state index in [1.54, 1.807) is 0 Å². The quantitative estimate of drug-likeness (QED) is 0.841. The predicted octanol–water partition coefficient (Wildman–Crippen LogP) is 4.41. The molecule has 1 atom stereocenters. The number of rotatable bonds is 2. The molecule has 1 unspecified atom stereocenters. The van der Waals surface area contributed by atoms with Gasteiger partial charge in [0.05, 0.1) is 6.10 Å². The number of benzene rings is 2. The van der Waals surface area contributed by atoms with E-state index in [2.05, 4.69) is 51.1 Å². The van der Waals surface area contributed by atoms with Crippen LogP contribution in [-0.2, 0) is 12.8 Å². The first-order valence-electron chi connectivity index (χ1n) is 7.17. The van der Waals surface area contributed by atoms with Crippen molar-refractivity contribution in [2.24, 2.45) is 5.41 Å². The van der Waals surface area contributed by atoms with Crippen LogP contribution in [0, 0.1) is 5.41 Å². The van der Waals surface area contributed by atoms with Crippen molar-refractivity contribution in [3.63, 3.8) is 0 Å². The molecular formula is C18H22O. The first-order chi connectivity index (χ1) is 8.96. The van der Waals surface area contributed by atoms with Gasteiger partial charge in [-0.2, -0.15) is 0 Å². The zero-order valence-corrected chi connectivity index (χ0v) is 12.0.